The van der Waals surface area contributed by atoms with Gasteiger partial charge in [0.05, 0.1) is 0 Å². The van der Waals surface area contributed by atoms with Gasteiger partial charge >= 0.3 is 17.9 Å². The summed E-state index contributed by atoms with van der Waals surface area (Å²) in [6.45, 7) is 6.48. The molecule has 0 aliphatic heterocycles. The Morgan fingerprint density at radius 1 is 0.318 bits per heavy atom. The van der Waals surface area contributed by atoms with E-state index in [1.54, 1.807) is 0 Å². The van der Waals surface area contributed by atoms with Crippen molar-refractivity contribution in [1.29, 1.82) is 0 Å². The molecule has 6 heteroatoms. The van der Waals surface area contributed by atoms with E-state index < -0.39 is 6.10 Å². The van der Waals surface area contributed by atoms with Gasteiger partial charge in [-0.25, -0.2) is 0 Å². The van der Waals surface area contributed by atoms with E-state index in [0.29, 0.717) is 19.3 Å². The van der Waals surface area contributed by atoms with E-state index in [0.717, 1.165) is 83.5 Å². The van der Waals surface area contributed by atoms with E-state index in [1.165, 1.54) is 141 Å². The Balaban J connectivity index is 4.31. The van der Waals surface area contributed by atoms with Crippen LogP contribution in [0, 0.1) is 0 Å². The van der Waals surface area contributed by atoms with Crippen molar-refractivity contribution in [2.45, 2.75) is 277 Å². The highest BCUT2D eigenvalue weighted by molar-refractivity contribution is 5.71. The first-order valence-corrected chi connectivity index (χ1v) is 27.9. The molecule has 0 aromatic carbocycles. The van der Waals surface area contributed by atoms with Crippen LogP contribution in [0.4, 0.5) is 0 Å². The molecule has 0 amide bonds. The smallest absolute Gasteiger partial charge is 0.306 e. The van der Waals surface area contributed by atoms with Crippen molar-refractivity contribution in [2.24, 2.45) is 0 Å². The summed E-state index contributed by atoms with van der Waals surface area (Å²) in [5, 5.41) is 0. The molecule has 0 aromatic heterocycles. The van der Waals surface area contributed by atoms with Gasteiger partial charge in [0.1, 0.15) is 13.2 Å². The van der Waals surface area contributed by atoms with Gasteiger partial charge in [-0.1, -0.05) is 235 Å². The molecule has 380 valence electrons. The van der Waals surface area contributed by atoms with E-state index in [2.05, 4.69) is 93.7 Å². The highest BCUT2D eigenvalue weighted by Crippen LogP contribution is 2.15. The lowest BCUT2D eigenvalue weighted by atomic mass is 10.0. The number of rotatable bonds is 50. The van der Waals surface area contributed by atoms with Crippen molar-refractivity contribution in [3.05, 3.63) is 72.9 Å². The van der Waals surface area contributed by atoms with Crippen molar-refractivity contribution in [3.63, 3.8) is 0 Å². The van der Waals surface area contributed by atoms with Crippen molar-refractivity contribution in [2.75, 3.05) is 13.2 Å². The third kappa shape index (κ3) is 51.8. The van der Waals surface area contributed by atoms with Crippen LogP contribution < -0.4 is 0 Å². The maximum absolute atomic E-state index is 12.8. The van der Waals surface area contributed by atoms with E-state index >= 15 is 0 Å². The lowest BCUT2D eigenvalue weighted by Crippen LogP contribution is -2.30. The summed E-state index contributed by atoms with van der Waals surface area (Å²) in [6.07, 6.45) is 69.0. The zero-order valence-corrected chi connectivity index (χ0v) is 43.4. The zero-order chi connectivity index (χ0) is 47.9. The molecule has 0 N–H and O–H groups in total. The number of hydrogen-bond donors (Lipinski definition) is 0. The Hall–Kier alpha value is -3.15. The van der Waals surface area contributed by atoms with Gasteiger partial charge in [0.15, 0.2) is 6.10 Å². The monoisotopic (exact) mass is 921 g/mol. The molecule has 0 aliphatic rings. The van der Waals surface area contributed by atoms with Gasteiger partial charge < -0.3 is 14.2 Å². The number of esters is 3. The van der Waals surface area contributed by atoms with Gasteiger partial charge in [0.25, 0.3) is 0 Å². The first-order chi connectivity index (χ1) is 32.5. The van der Waals surface area contributed by atoms with Crippen LogP contribution in [0.15, 0.2) is 72.9 Å². The number of carbonyl (C=O) groups is 3. The molecule has 0 fully saturated rings. The Kier molecular flexibility index (Phi) is 51.9. The van der Waals surface area contributed by atoms with Gasteiger partial charge in [0.2, 0.25) is 0 Å². The molecule has 1 unspecified atom stereocenters. The first-order valence-electron chi connectivity index (χ1n) is 27.9. The maximum Gasteiger partial charge on any atom is 0.306 e. The van der Waals surface area contributed by atoms with Crippen LogP contribution in [0.5, 0.6) is 0 Å². The number of hydrogen-bond acceptors (Lipinski definition) is 6. The van der Waals surface area contributed by atoms with Crippen LogP contribution in [0.25, 0.3) is 0 Å². The van der Waals surface area contributed by atoms with Crippen molar-refractivity contribution >= 4 is 17.9 Å². The molecular formula is C60H104O6. The lowest BCUT2D eigenvalue weighted by molar-refractivity contribution is -0.167. The van der Waals surface area contributed by atoms with Gasteiger partial charge in [-0.2, -0.15) is 0 Å². The van der Waals surface area contributed by atoms with Crippen LogP contribution >= 0.6 is 0 Å². The second kappa shape index (κ2) is 54.5. The highest BCUT2D eigenvalue weighted by atomic mass is 16.6. The Labute approximate surface area is 408 Å². The Morgan fingerprint density at radius 3 is 0.955 bits per heavy atom. The van der Waals surface area contributed by atoms with Crippen molar-refractivity contribution in [1.82, 2.24) is 0 Å². The van der Waals surface area contributed by atoms with Gasteiger partial charge in [-0.05, 0) is 89.9 Å². The van der Waals surface area contributed by atoms with Crippen LogP contribution in [-0.4, -0.2) is 37.2 Å². The largest absolute Gasteiger partial charge is 0.462 e. The molecule has 0 rings (SSSR count). The summed E-state index contributed by atoms with van der Waals surface area (Å²) in [4.78, 5) is 38.0. The van der Waals surface area contributed by atoms with Crippen LogP contribution in [0.2, 0.25) is 0 Å². The average molecular weight is 921 g/mol. The lowest BCUT2D eigenvalue weighted by Gasteiger charge is -2.18. The molecule has 0 bridgehead atoms. The Morgan fingerprint density at radius 2 is 0.591 bits per heavy atom. The van der Waals surface area contributed by atoms with E-state index in [4.69, 9.17) is 14.2 Å². The molecule has 0 aliphatic carbocycles. The molecule has 0 spiro atoms. The molecule has 0 heterocycles. The average Bonchev–Trinajstić information content (AvgIpc) is 3.31. The SMILES string of the molecule is CC/C=C\C/C=C\C/C=C\C/C=C\CCCCC(=O)OC(COC(=O)CCCCCCCCCCCC)COC(=O)CCCCCCCCCCCCC/C=C\C/C=C\CCCCCCC. The van der Waals surface area contributed by atoms with Gasteiger partial charge in [0, 0.05) is 19.3 Å². The number of carbonyl (C=O) groups excluding carboxylic acids is 3. The second-order valence-corrected chi connectivity index (χ2v) is 18.5. The van der Waals surface area contributed by atoms with Crippen LogP contribution in [0.3, 0.4) is 0 Å². The molecule has 66 heavy (non-hydrogen) atoms. The number of allylic oxidation sites excluding steroid dienone is 12. The predicted octanol–water partition coefficient (Wildman–Crippen LogP) is 18.6. The molecular weight excluding hydrogens is 817 g/mol. The van der Waals surface area contributed by atoms with Gasteiger partial charge in [-0.15, -0.1) is 0 Å². The quantitative estimate of drug-likeness (QED) is 0.0262. The Bertz CT molecular complexity index is 1240. The van der Waals surface area contributed by atoms with Gasteiger partial charge in [-0.3, -0.25) is 14.4 Å². The van der Waals surface area contributed by atoms with Crippen LogP contribution in [0.1, 0.15) is 271 Å². The summed E-state index contributed by atoms with van der Waals surface area (Å²) in [5.41, 5.74) is 0. The molecule has 1 atom stereocenters. The fourth-order valence-corrected chi connectivity index (χ4v) is 7.76. The standard InChI is InChI=1S/C60H104O6/c1-4-7-10-13-16-19-22-24-26-27-28-29-30-31-32-33-35-36-38-41-44-47-50-53-59(62)65-56-57(55-64-58(61)52-49-46-43-40-21-18-15-12-9-6-3)66-60(63)54-51-48-45-42-39-37-34-25-23-20-17-14-11-8-5-2/h8,11,17,20,22,24-25,27-28,34,39,42,57H,4-7,9-10,12-16,18-19,21,23,26,29-33,35-38,40-41,43-56H2,1-3H3/b11-8-,20-17-,24-22-,28-27-,34-25-,42-39-. The molecule has 0 radical (unpaired) electrons. The number of ether oxygens (including phenoxy) is 3. The summed E-state index contributed by atoms with van der Waals surface area (Å²) in [6, 6.07) is 0. The minimum Gasteiger partial charge on any atom is -0.462 e. The molecule has 0 saturated carbocycles. The molecule has 6 nitrogen and oxygen atoms in total. The molecule has 0 aromatic rings. The maximum atomic E-state index is 12.8. The summed E-state index contributed by atoms with van der Waals surface area (Å²) in [5.74, 6) is -0.931. The zero-order valence-electron chi connectivity index (χ0n) is 43.4. The summed E-state index contributed by atoms with van der Waals surface area (Å²) >= 11 is 0. The van der Waals surface area contributed by atoms with Crippen LogP contribution in [-0.2, 0) is 28.6 Å². The first kappa shape index (κ1) is 62.8. The fraction of sp³-hybridized carbons (Fsp3) is 0.750. The topological polar surface area (TPSA) is 78.9 Å². The summed E-state index contributed by atoms with van der Waals surface area (Å²) in [7, 11) is 0. The predicted molar refractivity (Wildman–Crippen MR) is 284 cm³/mol. The fourth-order valence-electron chi connectivity index (χ4n) is 7.76. The number of unbranched alkanes of at least 4 members (excludes halogenated alkanes) is 27. The third-order valence-corrected chi connectivity index (χ3v) is 11.9. The minimum atomic E-state index is -0.795. The normalized spacial score (nSPS) is 12.6. The molecule has 0 saturated heterocycles. The minimum absolute atomic E-state index is 0.0909. The van der Waals surface area contributed by atoms with E-state index in [1.807, 2.05) is 0 Å². The van der Waals surface area contributed by atoms with E-state index in [9.17, 15) is 14.4 Å². The van der Waals surface area contributed by atoms with Crippen molar-refractivity contribution in [3.8, 4) is 0 Å². The summed E-state index contributed by atoms with van der Waals surface area (Å²) < 4.78 is 16.8. The van der Waals surface area contributed by atoms with E-state index in [-0.39, 0.29) is 37.5 Å². The highest BCUT2D eigenvalue weighted by Gasteiger charge is 2.19. The van der Waals surface area contributed by atoms with Crippen molar-refractivity contribution < 1.29 is 28.6 Å². The second-order valence-electron chi connectivity index (χ2n) is 18.5. The third-order valence-electron chi connectivity index (χ3n) is 11.9.